The summed E-state index contributed by atoms with van der Waals surface area (Å²) >= 11 is 0. The monoisotopic (exact) mass is 317 g/mol. The molecule has 0 radical (unpaired) electrons. The van der Waals surface area contributed by atoms with Gasteiger partial charge in [-0.2, -0.15) is 4.98 Å². The number of hydrogen-bond acceptors (Lipinski definition) is 6. The van der Waals surface area contributed by atoms with Gasteiger partial charge in [0, 0.05) is 11.3 Å². The maximum Gasteiger partial charge on any atom is 0.335 e. The highest BCUT2D eigenvalue weighted by atomic mass is 16.7. The summed E-state index contributed by atoms with van der Waals surface area (Å²) in [7, 11) is 0. The lowest BCUT2D eigenvalue weighted by atomic mass is 10.1. The van der Waals surface area contributed by atoms with E-state index in [1.165, 1.54) is 12.1 Å². The first-order chi connectivity index (χ1) is 10.9. The van der Waals surface area contributed by atoms with E-state index >= 15 is 0 Å². The van der Waals surface area contributed by atoms with E-state index in [0.29, 0.717) is 23.6 Å². The van der Waals surface area contributed by atoms with Crippen molar-refractivity contribution in [3.63, 3.8) is 0 Å². The van der Waals surface area contributed by atoms with Gasteiger partial charge >= 0.3 is 5.97 Å². The number of rotatable bonds is 6. The molecule has 0 bridgehead atoms. The van der Waals surface area contributed by atoms with Crippen LogP contribution in [0.25, 0.3) is 0 Å². The summed E-state index contributed by atoms with van der Waals surface area (Å²) in [5, 5.41) is 21.8. The minimum atomic E-state index is -1.04. The van der Waals surface area contributed by atoms with Crippen LogP contribution >= 0.6 is 0 Å². The van der Waals surface area contributed by atoms with Crippen LogP contribution in [0.5, 0.6) is 0 Å². The Morgan fingerprint density at radius 1 is 1.39 bits per heavy atom. The quantitative estimate of drug-likeness (QED) is 0.547. The van der Waals surface area contributed by atoms with Gasteiger partial charge in [0.15, 0.2) is 5.03 Å². The number of carboxylic acid groups (broad SMARTS) is 1. The van der Waals surface area contributed by atoms with Crippen molar-refractivity contribution >= 4 is 23.4 Å². The van der Waals surface area contributed by atoms with E-state index < -0.39 is 11.0 Å². The Kier molecular flexibility index (Phi) is 4.69. The minimum Gasteiger partial charge on any atom is -0.478 e. The molecular formula is C14H15N5O4. The van der Waals surface area contributed by atoms with Crippen molar-refractivity contribution in [1.82, 2.24) is 9.97 Å². The van der Waals surface area contributed by atoms with Gasteiger partial charge in [0.05, 0.1) is 11.3 Å². The van der Waals surface area contributed by atoms with Crippen molar-refractivity contribution in [3.8, 4) is 0 Å². The summed E-state index contributed by atoms with van der Waals surface area (Å²) in [6, 6.07) is 6.20. The van der Waals surface area contributed by atoms with E-state index in [4.69, 9.17) is 5.11 Å². The van der Waals surface area contributed by atoms with Gasteiger partial charge in [-0.25, -0.2) is 19.9 Å². The predicted octanol–water partition coefficient (Wildman–Crippen LogP) is 2.39. The number of benzene rings is 1. The maximum atomic E-state index is 11.0. The van der Waals surface area contributed by atoms with Crippen molar-refractivity contribution in [1.29, 1.82) is 0 Å². The van der Waals surface area contributed by atoms with Crippen LogP contribution < -0.4 is 10.7 Å². The molecule has 120 valence electrons. The Balaban J connectivity index is 2.40. The zero-order valence-electron chi connectivity index (χ0n) is 12.5. The largest absolute Gasteiger partial charge is 0.478 e. The molecule has 1 aromatic carbocycles. The third kappa shape index (κ3) is 3.90. The van der Waals surface area contributed by atoms with Crippen LogP contribution in [0.4, 0.5) is 17.5 Å². The van der Waals surface area contributed by atoms with Crippen LogP contribution in [-0.4, -0.2) is 26.1 Å². The van der Waals surface area contributed by atoms with E-state index in [1.807, 2.05) is 12.3 Å². The molecule has 1 aromatic heterocycles. The Hall–Kier alpha value is -3.23. The van der Waals surface area contributed by atoms with Crippen LogP contribution in [0.1, 0.15) is 28.5 Å². The molecule has 9 nitrogen and oxygen atoms in total. The molecule has 2 rings (SSSR count). The summed E-state index contributed by atoms with van der Waals surface area (Å²) in [4.78, 5) is 29.7. The normalized spacial score (nSPS) is 10.2. The third-order valence-corrected chi connectivity index (χ3v) is 3.15. The number of hydrogen-bond donors (Lipinski definition) is 3. The van der Waals surface area contributed by atoms with Gasteiger partial charge in [0.2, 0.25) is 0 Å². The molecule has 3 N–H and O–H groups in total. The molecule has 1 heterocycles. The highest BCUT2D eigenvalue weighted by molar-refractivity contribution is 5.89. The minimum absolute atomic E-state index is 0.126. The van der Waals surface area contributed by atoms with Gasteiger partial charge in [-0.1, -0.05) is 18.4 Å². The first kappa shape index (κ1) is 16.1. The average Bonchev–Trinajstić information content (AvgIpc) is 2.50. The number of nitrogens with one attached hydrogen (secondary N) is 2. The Bertz CT molecular complexity index is 763. The highest BCUT2D eigenvalue weighted by Gasteiger charge is 2.13. The summed E-state index contributed by atoms with van der Waals surface area (Å²) in [6.07, 6.45) is 0.574. The highest BCUT2D eigenvalue weighted by Crippen LogP contribution is 2.23. The molecule has 0 aliphatic carbocycles. The second kappa shape index (κ2) is 6.69. The van der Waals surface area contributed by atoms with Gasteiger partial charge in [-0.05, 0) is 31.5 Å². The molecule has 0 spiro atoms. The number of anilines is 3. The van der Waals surface area contributed by atoms with E-state index in [1.54, 1.807) is 19.1 Å². The van der Waals surface area contributed by atoms with Crippen LogP contribution in [0, 0.1) is 17.0 Å². The standard InChI is InChI=1S/C14H15N5O4/c1-3-11-8(2)12(17-14(16-11)18-19(22)23)15-10-6-4-5-9(7-10)13(20)21/h4-7H,3H2,1-2H3,(H,20,21)(H2,15,16,17,18). The Morgan fingerprint density at radius 3 is 2.74 bits per heavy atom. The Morgan fingerprint density at radius 2 is 2.13 bits per heavy atom. The molecule has 0 aliphatic rings. The molecule has 0 saturated heterocycles. The van der Waals surface area contributed by atoms with E-state index in [-0.39, 0.29) is 11.5 Å². The van der Waals surface area contributed by atoms with E-state index in [2.05, 4.69) is 15.3 Å². The third-order valence-electron chi connectivity index (χ3n) is 3.15. The van der Waals surface area contributed by atoms with Crippen molar-refractivity contribution in [2.24, 2.45) is 0 Å². The van der Waals surface area contributed by atoms with Crippen molar-refractivity contribution in [3.05, 3.63) is 51.2 Å². The van der Waals surface area contributed by atoms with Gasteiger partial charge < -0.3 is 10.4 Å². The van der Waals surface area contributed by atoms with Gasteiger partial charge in [0.1, 0.15) is 5.82 Å². The number of nitrogens with zero attached hydrogens (tertiary/aromatic N) is 3. The van der Waals surface area contributed by atoms with Gasteiger partial charge in [-0.15, -0.1) is 0 Å². The molecule has 0 saturated carbocycles. The number of aryl methyl sites for hydroxylation is 1. The summed E-state index contributed by atoms with van der Waals surface area (Å²) in [5.41, 5.74) is 3.96. The summed E-state index contributed by atoms with van der Waals surface area (Å²) in [5.74, 6) is -0.795. The Labute approximate surface area is 131 Å². The molecule has 0 aliphatic heterocycles. The van der Waals surface area contributed by atoms with Crippen molar-refractivity contribution in [2.75, 3.05) is 10.7 Å². The van der Waals surface area contributed by atoms with E-state index in [9.17, 15) is 14.9 Å². The van der Waals surface area contributed by atoms with Crippen molar-refractivity contribution < 1.29 is 14.9 Å². The maximum absolute atomic E-state index is 11.0. The zero-order chi connectivity index (χ0) is 17.0. The number of aromatic carboxylic acids is 1. The first-order valence-corrected chi connectivity index (χ1v) is 6.79. The van der Waals surface area contributed by atoms with E-state index in [0.717, 1.165) is 5.56 Å². The summed E-state index contributed by atoms with van der Waals surface area (Å²) < 4.78 is 0. The lowest BCUT2D eigenvalue weighted by Crippen LogP contribution is -2.14. The molecule has 9 heteroatoms. The predicted molar refractivity (Wildman–Crippen MR) is 83.4 cm³/mol. The fourth-order valence-corrected chi connectivity index (χ4v) is 2.03. The van der Waals surface area contributed by atoms with Crippen LogP contribution in [0.15, 0.2) is 24.3 Å². The van der Waals surface area contributed by atoms with Crippen molar-refractivity contribution in [2.45, 2.75) is 20.3 Å². The lowest BCUT2D eigenvalue weighted by molar-refractivity contribution is -0.446. The summed E-state index contributed by atoms with van der Waals surface area (Å²) in [6.45, 7) is 3.66. The second-order valence-corrected chi connectivity index (χ2v) is 4.70. The topological polar surface area (TPSA) is 130 Å². The number of nitro groups is 1. The van der Waals surface area contributed by atoms with Crippen LogP contribution in [0.3, 0.4) is 0 Å². The lowest BCUT2D eigenvalue weighted by Gasteiger charge is -2.12. The smallest absolute Gasteiger partial charge is 0.335 e. The molecule has 23 heavy (non-hydrogen) atoms. The fraction of sp³-hybridized carbons (Fsp3) is 0.214. The number of carbonyl (C=O) groups is 1. The molecule has 0 amide bonds. The SMILES string of the molecule is CCc1nc(N[N+](=O)[O-])nc(Nc2cccc(C(=O)O)c2)c1C. The number of aromatic nitrogens is 2. The van der Waals surface area contributed by atoms with Crippen LogP contribution in [0.2, 0.25) is 0 Å². The first-order valence-electron chi connectivity index (χ1n) is 6.79. The molecular weight excluding hydrogens is 302 g/mol. The molecule has 0 atom stereocenters. The zero-order valence-corrected chi connectivity index (χ0v) is 12.5. The fourth-order valence-electron chi connectivity index (χ4n) is 2.03. The van der Waals surface area contributed by atoms with Gasteiger partial charge in [0.25, 0.3) is 5.95 Å². The molecule has 2 aromatic rings. The molecule has 0 unspecified atom stereocenters. The number of carboxylic acids is 1. The number of hydrazine groups is 1. The van der Waals surface area contributed by atoms with Crippen LogP contribution in [-0.2, 0) is 6.42 Å². The second-order valence-electron chi connectivity index (χ2n) is 4.70. The molecule has 0 fully saturated rings. The average molecular weight is 317 g/mol. The van der Waals surface area contributed by atoms with Gasteiger partial charge in [-0.3, -0.25) is 0 Å².